The summed E-state index contributed by atoms with van der Waals surface area (Å²) >= 11 is 6.07. The molecule has 1 N–H and O–H groups in total. The first-order valence-corrected chi connectivity index (χ1v) is 8.41. The zero-order valence-electron chi connectivity index (χ0n) is 14.6. The fourth-order valence-electron chi connectivity index (χ4n) is 2.24. The minimum Gasteiger partial charge on any atom is -0.495 e. The lowest BCUT2D eigenvalue weighted by Gasteiger charge is -2.13. The normalized spacial score (nSPS) is 10.2. The maximum Gasteiger partial charge on any atom is 0.227 e. The number of carbonyl (C=O) groups excluding carboxylic acids is 1. The number of methoxy groups -OCH3 is 1. The summed E-state index contributed by atoms with van der Waals surface area (Å²) in [6.07, 6.45) is 0.200. The van der Waals surface area contributed by atoms with Crippen LogP contribution in [-0.4, -0.2) is 26.2 Å². The molecule has 2 aromatic rings. The molecule has 0 saturated carbocycles. The highest BCUT2D eigenvalue weighted by atomic mass is 35.5. The van der Waals surface area contributed by atoms with Crippen molar-refractivity contribution < 1.29 is 19.0 Å². The SMILES string of the molecule is CCOc1ccccc1OCCC(=O)Nc1cc(C)c(Cl)cc1OC. The van der Waals surface area contributed by atoms with Gasteiger partial charge in [0.25, 0.3) is 0 Å². The van der Waals surface area contributed by atoms with Crippen LogP contribution < -0.4 is 19.5 Å². The number of rotatable bonds is 8. The molecule has 5 nitrogen and oxygen atoms in total. The van der Waals surface area contributed by atoms with Gasteiger partial charge in [-0.1, -0.05) is 23.7 Å². The molecule has 25 heavy (non-hydrogen) atoms. The van der Waals surface area contributed by atoms with Gasteiger partial charge in [0.05, 0.1) is 32.4 Å². The van der Waals surface area contributed by atoms with E-state index in [0.717, 1.165) is 5.56 Å². The third-order valence-electron chi connectivity index (χ3n) is 3.49. The molecule has 0 heterocycles. The van der Waals surface area contributed by atoms with E-state index >= 15 is 0 Å². The monoisotopic (exact) mass is 363 g/mol. The maximum absolute atomic E-state index is 12.2. The second-order valence-corrected chi connectivity index (χ2v) is 5.74. The van der Waals surface area contributed by atoms with Gasteiger partial charge in [-0.25, -0.2) is 0 Å². The van der Waals surface area contributed by atoms with Gasteiger partial charge in [0.1, 0.15) is 5.75 Å². The van der Waals surface area contributed by atoms with Crippen LogP contribution in [0.2, 0.25) is 5.02 Å². The topological polar surface area (TPSA) is 56.8 Å². The average Bonchev–Trinajstić information content (AvgIpc) is 2.59. The minimum atomic E-state index is -0.172. The smallest absolute Gasteiger partial charge is 0.227 e. The standard InChI is InChI=1S/C19H22ClNO4/c1-4-24-16-7-5-6-8-17(16)25-10-9-19(22)21-15-11-13(2)14(20)12-18(15)23-3/h5-8,11-12H,4,9-10H2,1-3H3,(H,21,22). The van der Waals surface area contributed by atoms with Crippen molar-refractivity contribution in [3.63, 3.8) is 0 Å². The Morgan fingerprint density at radius 1 is 1.12 bits per heavy atom. The fourth-order valence-corrected chi connectivity index (χ4v) is 2.39. The van der Waals surface area contributed by atoms with Crippen molar-refractivity contribution in [1.29, 1.82) is 0 Å². The minimum absolute atomic E-state index is 0.172. The summed E-state index contributed by atoms with van der Waals surface area (Å²) in [5.41, 5.74) is 1.45. The molecule has 0 spiro atoms. The van der Waals surface area contributed by atoms with Crippen LogP contribution in [0.3, 0.4) is 0 Å². The Hall–Kier alpha value is -2.40. The number of halogens is 1. The Labute approximate surface area is 152 Å². The summed E-state index contributed by atoms with van der Waals surface area (Å²) in [6.45, 7) is 4.57. The summed E-state index contributed by atoms with van der Waals surface area (Å²) in [7, 11) is 1.53. The summed E-state index contributed by atoms with van der Waals surface area (Å²) in [5, 5.41) is 3.41. The van der Waals surface area contributed by atoms with E-state index in [1.54, 1.807) is 12.1 Å². The Balaban J connectivity index is 1.93. The van der Waals surface area contributed by atoms with Gasteiger partial charge in [-0.3, -0.25) is 4.79 Å². The predicted molar refractivity (Wildman–Crippen MR) is 99.1 cm³/mol. The number of carbonyl (C=O) groups is 1. The van der Waals surface area contributed by atoms with Crippen molar-refractivity contribution in [3.8, 4) is 17.2 Å². The van der Waals surface area contributed by atoms with E-state index in [4.69, 9.17) is 25.8 Å². The van der Waals surface area contributed by atoms with Crippen molar-refractivity contribution in [2.45, 2.75) is 20.3 Å². The van der Waals surface area contributed by atoms with Crippen molar-refractivity contribution in [2.75, 3.05) is 25.6 Å². The highest BCUT2D eigenvalue weighted by molar-refractivity contribution is 6.31. The summed E-state index contributed by atoms with van der Waals surface area (Å²) in [4.78, 5) is 12.2. The summed E-state index contributed by atoms with van der Waals surface area (Å²) in [6, 6.07) is 10.8. The van der Waals surface area contributed by atoms with Gasteiger partial charge in [0.2, 0.25) is 5.91 Å². The Bertz CT molecular complexity index is 733. The van der Waals surface area contributed by atoms with Crippen LogP contribution in [-0.2, 0) is 4.79 Å². The molecule has 134 valence electrons. The molecular weight excluding hydrogens is 342 g/mol. The largest absolute Gasteiger partial charge is 0.495 e. The van der Waals surface area contributed by atoms with Gasteiger partial charge in [-0.15, -0.1) is 0 Å². The van der Waals surface area contributed by atoms with Crippen molar-refractivity contribution in [2.24, 2.45) is 0 Å². The highest BCUT2D eigenvalue weighted by Gasteiger charge is 2.11. The number of amides is 1. The Morgan fingerprint density at radius 3 is 2.44 bits per heavy atom. The first-order chi connectivity index (χ1) is 12.0. The fraction of sp³-hybridized carbons (Fsp3) is 0.316. The van der Waals surface area contributed by atoms with Crippen molar-refractivity contribution in [3.05, 3.63) is 47.0 Å². The van der Waals surface area contributed by atoms with Crippen LogP contribution in [0.25, 0.3) is 0 Å². The third kappa shape index (κ3) is 5.29. The number of para-hydroxylation sites is 2. The first kappa shape index (κ1) is 18.9. The van der Waals surface area contributed by atoms with Crippen LogP contribution in [0, 0.1) is 6.92 Å². The molecule has 0 aliphatic carbocycles. The molecule has 0 atom stereocenters. The molecule has 1 amide bonds. The maximum atomic E-state index is 12.2. The number of anilines is 1. The van der Waals surface area contributed by atoms with E-state index in [1.165, 1.54) is 7.11 Å². The lowest BCUT2D eigenvalue weighted by molar-refractivity contribution is -0.116. The van der Waals surface area contributed by atoms with Crippen LogP contribution in [0.4, 0.5) is 5.69 Å². The molecule has 6 heteroatoms. The van der Waals surface area contributed by atoms with E-state index in [0.29, 0.717) is 34.6 Å². The highest BCUT2D eigenvalue weighted by Crippen LogP contribution is 2.31. The van der Waals surface area contributed by atoms with E-state index in [9.17, 15) is 4.79 Å². The summed E-state index contributed by atoms with van der Waals surface area (Å²) < 4.78 is 16.4. The van der Waals surface area contributed by atoms with E-state index < -0.39 is 0 Å². The van der Waals surface area contributed by atoms with Crippen LogP contribution in [0.5, 0.6) is 17.2 Å². The second-order valence-electron chi connectivity index (χ2n) is 5.33. The number of hydrogen-bond donors (Lipinski definition) is 1. The van der Waals surface area contributed by atoms with Gasteiger partial charge in [0, 0.05) is 11.1 Å². The first-order valence-electron chi connectivity index (χ1n) is 8.03. The zero-order chi connectivity index (χ0) is 18.2. The van der Waals surface area contributed by atoms with E-state index in [-0.39, 0.29) is 18.9 Å². The average molecular weight is 364 g/mol. The Morgan fingerprint density at radius 2 is 1.80 bits per heavy atom. The molecule has 0 aromatic heterocycles. The molecule has 0 bridgehead atoms. The molecule has 0 aliphatic rings. The third-order valence-corrected chi connectivity index (χ3v) is 3.90. The lowest BCUT2D eigenvalue weighted by Crippen LogP contribution is -2.16. The summed E-state index contributed by atoms with van der Waals surface area (Å²) in [5.74, 6) is 1.64. The van der Waals surface area contributed by atoms with Gasteiger partial charge in [0.15, 0.2) is 11.5 Å². The second kappa shape index (κ2) is 9.18. The predicted octanol–water partition coefficient (Wildman–Crippen LogP) is 4.46. The molecule has 0 fully saturated rings. The van der Waals surface area contributed by atoms with Gasteiger partial charge >= 0.3 is 0 Å². The van der Waals surface area contributed by atoms with E-state index in [2.05, 4.69) is 5.32 Å². The van der Waals surface area contributed by atoms with Gasteiger partial charge in [-0.05, 0) is 37.6 Å². The van der Waals surface area contributed by atoms with Crippen LogP contribution in [0.15, 0.2) is 36.4 Å². The number of ether oxygens (including phenoxy) is 3. The van der Waals surface area contributed by atoms with E-state index in [1.807, 2.05) is 38.1 Å². The van der Waals surface area contributed by atoms with Crippen LogP contribution in [0.1, 0.15) is 18.9 Å². The molecule has 0 saturated heterocycles. The molecular formula is C19H22ClNO4. The van der Waals surface area contributed by atoms with Crippen LogP contribution >= 0.6 is 11.6 Å². The molecule has 0 radical (unpaired) electrons. The number of hydrogen-bond acceptors (Lipinski definition) is 4. The molecule has 0 aliphatic heterocycles. The Kier molecular flexibility index (Phi) is 6.95. The van der Waals surface area contributed by atoms with Gasteiger partial charge < -0.3 is 19.5 Å². The zero-order valence-corrected chi connectivity index (χ0v) is 15.4. The van der Waals surface area contributed by atoms with Crippen molar-refractivity contribution in [1.82, 2.24) is 0 Å². The number of nitrogens with one attached hydrogen (secondary N) is 1. The van der Waals surface area contributed by atoms with Crippen molar-refractivity contribution >= 4 is 23.2 Å². The van der Waals surface area contributed by atoms with Gasteiger partial charge in [-0.2, -0.15) is 0 Å². The number of benzene rings is 2. The lowest BCUT2D eigenvalue weighted by atomic mass is 10.2. The quantitative estimate of drug-likeness (QED) is 0.752. The number of aryl methyl sites for hydroxylation is 1. The molecule has 0 unspecified atom stereocenters. The molecule has 2 aromatic carbocycles. The molecule has 2 rings (SSSR count).